The number of carbonyl (C=O) groups is 2. The van der Waals surface area contributed by atoms with Gasteiger partial charge in [-0.05, 0) is 30.7 Å². The Labute approximate surface area is 174 Å². The number of Topliss-reactive ketones (excluding diaryl/α,β-unsaturated/α-hetero) is 1. The van der Waals surface area contributed by atoms with E-state index in [-0.39, 0.29) is 17.9 Å². The van der Waals surface area contributed by atoms with Crippen LogP contribution in [0.3, 0.4) is 0 Å². The first-order valence-corrected chi connectivity index (χ1v) is 9.52. The fourth-order valence-corrected chi connectivity index (χ4v) is 3.79. The van der Waals surface area contributed by atoms with Gasteiger partial charge in [-0.15, -0.1) is 0 Å². The molecule has 1 N–H and O–H groups in total. The molecule has 0 spiro atoms. The molecule has 0 saturated carbocycles. The quantitative estimate of drug-likeness (QED) is 0.618. The van der Waals surface area contributed by atoms with Crippen molar-refractivity contribution >= 4 is 11.7 Å². The molecular weight excluding hydrogens is 382 g/mol. The molecule has 0 radical (unpaired) electrons. The molecule has 30 heavy (non-hydrogen) atoms. The highest BCUT2D eigenvalue weighted by Crippen LogP contribution is 2.40. The summed E-state index contributed by atoms with van der Waals surface area (Å²) in [5.41, 5.74) is 2.49. The number of methoxy groups -OCH3 is 1. The average molecular weight is 403 g/mol. The summed E-state index contributed by atoms with van der Waals surface area (Å²) < 4.78 is 10.7. The van der Waals surface area contributed by atoms with Crippen LogP contribution in [0.1, 0.15) is 33.3 Å². The van der Waals surface area contributed by atoms with Crippen molar-refractivity contribution in [2.24, 2.45) is 0 Å². The van der Waals surface area contributed by atoms with Crippen molar-refractivity contribution in [3.05, 3.63) is 101 Å². The number of amides is 1. The second kappa shape index (κ2) is 7.91. The van der Waals surface area contributed by atoms with Crippen LogP contribution in [0.15, 0.2) is 82.7 Å². The Kier molecular flexibility index (Phi) is 5.14. The minimum Gasteiger partial charge on any atom is -0.503 e. The van der Waals surface area contributed by atoms with Crippen LogP contribution in [0.2, 0.25) is 0 Å². The van der Waals surface area contributed by atoms with E-state index in [0.717, 1.165) is 16.7 Å². The van der Waals surface area contributed by atoms with Gasteiger partial charge in [0.15, 0.2) is 11.5 Å². The molecule has 1 aromatic heterocycles. The number of benzene rings is 2. The number of ketones is 1. The van der Waals surface area contributed by atoms with Gasteiger partial charge in [0.05, 0.1) is 31.5 Å². The van der Waals surface area contributed by atoms with Crippen molar-refractivity contribution in [1.29, 1.82) is 0 Å². The summed E-state index contributed by atoms with van der Waals surface area (Å²) in [6, 6.07) is 17.2. The van der Waals surface area contributed by atoms with Gasteiger partial charge in [-0.3, -0.25) is 9.59 Å². The van der Waals surface area contributed by atoms with Gasteiger partial charge in [-0.1, -0.05) is 48.0 Å². The topological polar surface area (TPSA) is 80.0 Å². The number of hydrogen-bond donors (Lipinski definition) is 1. The van der Waals surface area contributed by atoms with Crippen molar-refractivity contribution < 1.29 is 23.8 Å². The monoisotopic (exact) mass is 403 g/mol. The van der Waals surface area contributed by atoms with Crippen molar-refractivity contribution in [3.63, 3.8) is 0 Å². The third-order valence-electron chi connectivity index (χ3n) is 5.18. The van der Waals surface area contributed by atoms with Crippen molar-refractivity contribution in [3.8, 4) is 5.75 Å². The molecule has 1 atom stereocenters. The molecule has 2 aromatic carbocycles. The third kappa shape index (κ3) is 3.37. The van der Waals surface area contributed by atoms with E-state index >= 15 is 0 Å². The number of nitrogens with zero attached hydrogens (tertiary/aromatic N) is 1. The molecule has 1 aliphatic heterocycles. The van der Waals surface area contributed by atoms with Gasteiger partial charge in [0.25, 0.3) is 5.91 Å². The molecule has 3 aromatic rings. The lowest BCUT2D eigenvalue weighted by atomic mass is 9.94. The van der Waals surface area contributed by atoms with Crippen LogP contribution >= 0.6 is 0 Å². The van der Waals surface area contributed by atoms with Crippen LogP contribution in [0, 0.1) is 6.92 Å². The predicted molar refractivity (Wildman–Crippen MR) is 110 cm³/mol. The molecule has 2 heterocycles. The zero-order valence-corrected chi connectivity index (χ0v) is 16.7. The molecule has 152 valence electrons. The second-order valence-corrected chi connectivity index (χ2v) is 7.13. The molecule has 6 heteroatoms. The summed E-state index contributed by atoms with van der Waals surface area (Å²) in [6.45, 7) is 2.10. The first-order valence-electron chi connectivity index (χ1n) is 9.52. The van der Waals surface area contributed by atoms with E-state index in [1.54, 1.807) is 19.2 Å². The Hall–Kier alpha value is -3.80. The van der Waals surface area contributed by atoms with Crippen LogP contribution in [0.25, 0.3) is 0 Å². The lowest BCUT2D eigenvalue weighted by Gasteiger charge is -2.27. The standard InChI is InChI=1S/C24H21NO5/c1-15-7-5-9-16(13-15)21-20(22(26)19-11-6-12-30-19)23(27)24(28)25(21)14-17-8-3-4-10-18(17)29-2/h3-13,21,27H,14H2,1-2H3. The summed E-state index contributed by atoms with van der Waals surface area (Å²) in [7, 11) is 1.56. The highest BCUT2D eigenvalue weighted by Gasteiger charge is 2.44. The van der Waals surface area contributed by atoms with Crippen LogP contribution in [0.4, 0.5) is 0 Å². The van der Waals surface area contributed by atoms with Crippen molar-refractivity contribution in [2.75, 3.05) is 7.11 Å². The Morgan fingerprint density at radius 3 is 2.63 bits per heavy atom. The van der Waals surface area contributed by atoms with Gasteiger partial charge in [0, 0.05) is 5.56 Å². The number of aliphatic hydroxyl groups is 1. The predicted octanol–water partition coefficient (Wildman–Crippen LogP) is 4.38. The van der Waals surface area contributed by atoms with E-state index in [2.05, 4.69) is 0 Å². The van der Waals surface area contributed by atoms with E-state index in [1.807, 2.05) is 49.4 Å². The van der Waals surface area contributed by atoms with Crippen LogP contribution in [0.5, 0.6) is 5.75 Å². The van der Waals surface area contributed by atoms with E-state index in [1.165, 1.54) is 17.2 Å². The number of ether oxygens (including phenoxy) is 1. The Morgan fingerprint density at radius 2 is 1.93 bits per heavy atom. The fourth-order valence-electron chi connectivity index (χ4n) is 3.79. The lowest BCUT2D eigenvalue weighted by Crippen LogP contribution is -2.31. The minimum absolute atomic E-state index is 0.00967. The largest absolute Gasteiger partial charge is 0.503 e. The minimum atomic E-state index is -0.750. The normalized spacial score (nSPS) is 16.3. The number of para-hydroxylation sites is 1. The van der Waals surface area contributed by atoms with Gasteiger partial charge in [0.1, 0.15) is 5.75 Å². The van der Waals surface area contributed by atoms with Crippen LogP contribution < -0.4 is 4.74 Å². The summed E-state index contributed by atoms with van der Waals surface area (Å²) >= 11 is 0. The van der Waals surface area contributed by atoms with E-state index in [9.17, 15) is 14.7 Å². The Balaban J connectivity index is 1.82. The molecule has 1 unspecified atom stereocenters. The van der Waals surface area contributed by atoms with Gasteiger partial charge in [0.2, 0.25) is 5.78 Å². The van der Waals surface area contributed by atoms with E-state index in [0.29, 0.717) is 5.75 Å². The molecule has 1 aliphatic rings. The highest BCUT2D eigenvalue weighted by atomic mass is 16.5. The smallest absolute Gasteiger partial charge is 0.290 e. The average Bonchev–Trinajstić information content (AvgIpc) is 3.37. The first-order chi connectivity index (χ1) is 14.5. The number of carbonyl (C=O) groups excluding carboxylic acids is 2. The lowest BCUT2D eigenvalue weighted by molar-refractivity contribution is -0.130. The molecule has 0 saturated heterocycles. The maximum atomic E-state index is 13.1. The van der Waals surface area contributed by atoms with Gasteiger partial charge >= 0.3 is 0 Å². The number of aryl methyl sites for hydroxylation is 1. The van der Waals surface area contributed by atoms with Crippen molar-refractivity contribution in [1.82, 2.24) is 4.90 Å². The van der Waals surface area contributed by atoms with Gasteiger partial charge < -0.3 is 19.2 Å². The Bertz CT molecular complexity index is 1130. The SMILES string of the molecule is COc1ccccc1CN1C(=O)C(O)=C(C(=O)c2ccco2)C1c1cccc(C)c1. The zero-order chi connectivity index (χ0) is 21.3. The van der Waals surface area contributed by atoms with Crippen LogP contribution in [-0.2, 0) is 11.3 Å². The van der Waals surface area contributed by atoms with Crippen LogP contribution in [-0.4, -0.2) is 28.8 Å². The number of hydrogen-bond acceptors (Lipinski definition) is 5. The summed E-state index contributed by atoms with van der Waals surface area (Å²) in [4.78, 5) is 27.7. The molecule has 4 rings (SSSR count). The van der Waals surface area contributed by atoms with Gasteiger partial charge in [-0.2, -0.15) is 0 Å². The molecule has 0 fully saturated rings. The number of rotatable bonds is 6. The molecule has 0 bridgehead atoms. The maximum absolute atomic E-state index is 13.1. The summed E-state index contributed by atoms with van der Waals surface area (Å²) in [6.07, 6.45) is 1.38. The van der Waals surface area contributed by atoms with E-state index < -0.39 is 23.5 Å². The van der Waals surface area contributed by atoms with E-state index in [4.69, 9.17) is 9.15 Å². The summed E-state index contributed by atoms with van der Waals surface area (Å²) in [5.74, 6) is -0.986. The summed E-state index contributed by atoms with van der Waals surface area (Å²) in [5, 5.41) is 10.7. The highest BCUT2D eigenvalue weighted by molar-refractivity contribution is 6.15. The Morgan fingerprint density at radius 1 is 1.13 bits per heavy atom. The zero-order valence-electron chi connectivity index (χ0n) is 16.7. The van der Waals surface area contributed by atoms with Crippen molar-refractivity contribution in [2.45, 2.75) is 19.5 Å². The molecule has 6 nitrogen and oxygen atoms in total. The number of furan rings is 1. The first kappa shape index (κ1) is 19.5. The second-order valence-electron chi connectivity index (χ2n) is 7.13. The molecule has 1 amide bonds. The number of aliphatic hydroxyl groups excluding tert-OH is 1. The maximum Gasteiger partial charge on any atom is 0.290 e. The van der Waals surface area contributed by atoms with Gasteiger partial charge in [-0.25, -0.2) is 0 Å². The molecule has 0 aliphatic carbocycles. The fraction of sp³-hybridized carbons (Fsp3) is 0.167. The molecular formula is C24H21NO5. The third-order valence-corrected chi connectivity index (χ3v) is 5.18.